The molecule has 5 N–H and O–H groups in total. The van der Waals surface area contributed by atoms with Gasteiger partial charge in [0.2, 0.25) is 10.0 Å². The van der Waals surface area contributed by atoms with Gasteiger partial charge in [0.15, 0.2) is 0 Å². The van der Waals surface area contributed by atoms with Crippen LogP contribution in [0.2, 0.25) is 0 Å². The molecule has 1 aromatic carbocycles. The Balaban J connectivity index is 3.23. The van der Waals surface area contributed by atoms with Gasteiger partial charge in [0.25, 0.3) is 0 Å². The van der Waals surface area contributed by atoms with E-state index in [-0.39, 0.29) is 10.9 Å². The van der Waals surface area contributed by atoms with Gasteiger partial charge in [0.05, 0.1) is 5.69 Å². The first kappa shape index (κ1) is 12.5. The maximum absolute atomic E-state index is 11.3. The summed E-state index contributed by atoms with van der Waals surface area (Å²) in [4.78, 5) is -0.0128. The third-order valence-electron chi connectivity index (χ3n) is 2.05. The van der Waals surface area contributed by atoms with Crippen LogP contribution in [-0.2, 0) is 10.0 Å². The van der Waals surface area contributed by atoms with Crippen LogP contribution in [0.1, 0.15) is 6.92 Å². The third kappa shape index (κ3) is 2.98. The summed E-state index contributed by atoms with van der Waals surface area (Å²) >= 11 is 0. The standard InChI is InChI=1S/C10H15N3O2S/c1-3-7(2)13-9-5-4-8(11)6-10(9)16(12,14)15/h3-7,13H,1,11H2,2H3,(H2,12,14,15). The van der Waals surface area contributed by atoms with Crippen molar-refractivity contribution in [3.63, 3.8) is 0 Å². The van der Waals surface area contributed by atoms with Crippen LogP contribution in [0.3, 0.4) is 0 Å². The van der Waals surface area contributed by atoms with E-state index in [2.05, 4.69) is 11.9 Å². The normalized spacial score (nSPS) is 13.1. The van der Waals surface area contributed by atoms with Gasteiger partial charge in [-0.1, -0.05) is 6.08 Å². The van der Waals surface area contributed by atoms with Crippen LogP contribution >= 0.6 is 0 Å². The fraction of sp³-hybridized carbons (Fsp3) is 0.200. The highest BCUT2D eigenvalue weighted by Gasteiger charge is 2.14. The second kappa shape index (κ2) is 4.54. The van der Waals surface area contributed by atoms with Crippen LogP contribution in [0.15, 0.2) is 35.7 Å². The molecule has 0 aliphatic heterocycles. The first-order valence-corrected chi connectivity index (χ1v) is 6.20. The van der Waals surface area contributed by atoms with E-state index >= 15 is 0 Å². The number of rotatable bonds is 4. The molecular formula is C10H15N3O2S. The molecule has 1 aromatic rings. The summed E-state index contributed by atoms with van der Waals surface area (Å²) in [5.41, 5.74) is 6.29. The average Bonchev–Trinajstić information content (AvgIpc) is 2.19. The zero-order valence-electron chi connectivity index (χ0n) is 8.97. The molecule has 0 aliphatic carbocycles. The van der Waals surface area contributed by atoms with E-state index in [0.29, 0.717) is 11.4 Å². The Hall–Kier alpha value is -1.53. The van der Waals surface area contributed by atoms with Crippen LogP contribution < -0.4 is 16.2 Å². The molecule has 0 amide bonds. The minimum absolute atomic E-state index is 0.0128. The fourth-order valence-corrected chi connectivity index (χ4v) is 1.93. The highest BCUT2D eigenvalue weighted by molar-refractivity contribution is 7.89. The Kier molecular flexibility index (Phi) is 3.56. The van der Waals surface area contributed by atoms with E-state index in [1.807, 2.05) is 6.92 Å². The molecule has 0 saturated carbocycles. The Morgan fingerprint density at radius 1 is 1.50 bits per heavy atom. The Bertz CT molecular complexity index is 497. The van der Waals surface area contributed by atoms with Gasteiger partial charge < -0.3 is 11.1 Å². The van der Waals surface area contributed by atoms with Crippen molar-refractivity contribution in [3.8, 4) is 0 Å². The lowest BCUT2D eigenvalue weighted by atomic mass is 10.2. The molecule has 0 radical (unpaired) electrons. The molecule has 16 heavy (non-hydrogen) atoms. The molecule has 0 heterocycles. The quantitative estimate of drug-likeness (QED) is 0.539. The SMILES string of the molecule is C=CC(C)Nc1ccc(N)cc1S(N)(=O)=O. The lowest BCUT2D eigenvalue weighted by Crippen LogP contribution is -2.18. The topological polar surface area (TPSA) is 98.2 Å². The molecule has 0 bridgehead atoms. The number of hydrogen-bond acceptors (Lipinski definition) is 4. The molecule has 1 rings (SSSR count). The summed E-state index contributed by atoms with van der Waals surface area (Å²) in [5, 5.41) is 8.06. The maximum Gasteiger partial charge on any atom is 0.240 e. The molecule has 0 aromatic heterocycles. The van der Waals surface area contributed by atoms with Crippen molar-refractivity contribution in [1.82, 2.24) is 0 Å². The minimum Gasteiger partial charge on any atom is -0.399 e. The van der Waals surface area contributed by atoms with Crippen LogP contribution in [0.5, 0.6) is 0 Å². The zero-order chi connectivity index (χ0) is 12.3. The molecule has 0 aliphatic rings. The summed E-state index contributed by atoms with van der Waals surface area (Å²) in [6.07, 6.45) is 1.66. The largest absolute Gasteiger partial charge is 0.399 e. The molecule has 0 fully saturated rings. The Labute approximate surface area is 95.2 Å². The van der Waals surface area contributed by atoms with Gasteiger partial charge in [-0.25, -0.2) is 13.6 Å². The number of sulfonamides is 1. The molecular weight excluding hydrogens is 226 g/mol. The van der Waals surface area contributed by atoms with Gasteiger partial charge in [-0.15, -0.1) is 6.58 Å². The van der Waals surface area contributed by atoms with E-state index < -0.39 is 10.0 Å². The van der Waals surface area contributed by atoms with Gasteiger partial charge in [-0.05, 0) is 25.1 Å². The fourth-order valence-electron chi connectivity index (χ4n) is 1.20. The highest BCUT2D eigenvalue weighted by atomic mass is 32.2. The minimum atomic E-state index is -3.79. The van der Waals surface area contributed by atoms with Gasteiger partial charge in [0, 0.05) is 11.7 Å². The summed E-state index contributed by atoms with van der Waals surface area (Å²) in [7, 11) is -3.79. The van der Waals surface area contributed by atoms with Crippen molar-refractivity contribution < 1.29 is 8.42 Å². The average molecular weight is 241 g/mol. The van der Waals surface area contributed by atoms with E-state index in [1.165, 1.54) is 6.07 Å². The molecule has 1 atom stereocenters. The van der Waals surface area contributed by atoms with Crippen molar-refractivity contribution in [2.45, 2.75) is 17.9 Å². The monoisotopic (exact) mass is 241 g/mol. The van der Waals surface area contributed by atoms with Gasteiger partial charge in [0.1, 0.15) is 4.90 Å². The number of benzene rings is 1. The molecule has 0 spiro atoms. The summed E-state index contributed by atoms with van der Waals surface area (Å²) < 4.78 is 22.7. The molecule has 5 nitrogen and oxygen atoms in total. The van der Waals surface area contributed by atoms with Crippen molar-refractivity contribution in [2.24, 2.45) is 5.14 Å². The lowest BCUT2D eigenvalue weighted by Gasteiger charge is -2.14. The van der Waals surface area contributed by atoms with Gasteiger partial charge >= 0.3 is 0 Å². The second-order valence-electron chi connectivity index (χ2n) is 3.47. The molecule has 1 unspecified atom stereocenters. The number of nitrogens with two attached hydrogens (primary N) is 2. The van der Waals surface area contributed by atoms with Gasteiger partial charge in [-0.2, -0.15) is 0 Å². The molecule has 0 saturated heterocycles. The van der Waals surface area contributed by atoms with Crippen molar-refractivity contribution in [2.75, 3.05) is 11.1 Å². The zero-order valence-corrected chi connectivity index (χ0v) is 9.79. The van der Waals surface area contributed by atoms with Crippen LogP contribution in [-0.4, -0.2) is 14.5 Å². The predicted molar refractivity (Wildman–Crippen MR) is 65.5 cm³/mol. The number of hydrogen-bond donors (Lipinski definition) is 3. The second-order valence-corrected chi connectivity index (χ2v) is 5.00. The maximum atomic E-state index is 11.3. The van der Waals surface area contributed by atoms with E-state index in [4.69, 9.17) is 10.9 Å². The van der Waals surface area contributed by atoms with Crippen LogP contribution in [0.4, 0.5) is 11.4 Å². The van der Waals surface area contributed by atoms with Crippen LogP contribution in [0, 0.1) is 0 Å². The van der Waals surface area contributed by atoms with E-state index in [1.54, 1.807) is 18.2 Å². The smallest absolute Gasteiger partial charge is 0.240 e. The molecule has 88 valence electrons. The van der Waals surface area contributed by atoms with E-state index in [9.17, 15) is 8.42 Å². The first-order chi connectivity index (χ1) is 7.34. The number of nitrogens with one attached hydrogen (secondary N) is 1. The Morgan fingerprint density at radius 2 is 2.12 bits per heavy atom. The lowest BCUT2D eigenvalue weighted by molar-refractivity contribution is 0.598. The first-order valence-electron chi connectivity index (χ1n) is 4.66. The number of anilines is 2. The third-order valence-corrected chi connectivity index (χ3v) is 3.00. The summed E-state index contributed by atoms with van der Waals surface area (Å²) in [6, 6.07) is 4.44. The van der Waals surface area contributed by atoms with Gasteiger partial charge in [-0.3, -0.25) is 0 Å². The predicted octanol–water partition coefficient (Wildman–Crippen LogP) is 0.903. The molecule has 6 heteroatoms. The number of primary sulfonamides is 1. The van der Waals surface area contributed by atoms with Crippen molar-refractivity contribution in [3.05, 3.63) is 30.9 Å². The van der Waals surface area contributed by atoms with Crippen molar-refractivity contribution in [1.29, 1.82) is 0 Å². The summed E-state index contributed by atoms with van der Waals surface area (Å²) in [5.74, 6) is 0. The van der Waals surface area contributed by atoms with Crippen molar-refractivity contribution >= 4 is 21.4 Å². The summed E-state index contributed by atoms with van der Waals surface area (Å²) in [6.45, 7) is 5.44. The van der Waals surface area contributed by atoms with Crippen LogP contribution in [0.25, 0.3) is 0 Å². The highest BCUT2D eigenvalue weighted by Crippen LogP contribution is 2.23. The Morgan fingerprint density at radius 3 is 2.62 bits per heavy atom. The number of nitrogen functional groups attached to an aromatic ring is 1. The van der Waals surface area contributed by atoms with E-state index in [0.717, 1.165) is 0 Å².